The number of carbonyl (C=O) groups excluding carboxylic acids is 2. The Kier molecular flexibility index (Phi) is 7.36. The number of pyridine rings is 1. The maximum absolute atomic E-state index is 12.6. The van der Waals surface area contributed by atoms with Gasteiger partial charge < -0.3 is 21.1 Å². The van der Waals surface area contributed by atoms with Crippen molar-refractivity contribution in [2.45, 2.75) is 19.9 Å². The van der Waals surface area contributed by atoms with Crippen LogP contribution < -0.4 is 16.4 Å². The lowest BCUT2D eigenvalue weighted by Gasteiger charge is -2.11. The number of carbonyl (C=O) groups is 2. The van der Waals surface area contributed by atoms with Crippen LogP contribution in [0.1, 0.15) is 34.7 Å². The van der Waals surface area contributed by atoms with Crippen molar-refractivity contribution < 1.29 is 14.3 Å². The van der Waals surface area contributed by atoms with Crippen LogP contribution in [0.5, 0.6) is 0 Å². The zero-order chi connectivity index (χ0) is 25.7. The highest BCUT2D eigenvalue weighted by Gasteiger charge is 2.21. The van der Waals surface area contributed by atoms with E-state index in [9.17, 15) is 9.59 Å². The van der Waals surface area contributed by atoms with Gasteiger partial charge in [-0.05, 0) is 37.6 Å². The molecule has 4 rings (SSSR count). The van der Waals surface area contributed by atoms with Crippen LogP contribution in [0.4, 0.5) is 11.6 Å². The third kappa shape index (κ3) is 5.39. The molecule has 0 saturated carbocycles. The Balaban J connectivity index is 1.60. The molecule has 1 atom stereocenters. The molecule has 1 unspecified atom stereocenters. The lowest BCUT2D eigenvalue weighted by atomic mass is 10.1. The van der Waals surface area contributed by atoms with Gasteiger partial charge >= 0.3 is 0 Å². The lowest BCUT2D eigenvalue weighted by molar-refractivity contribution is -0.117. The van der Waals surface area contributed by atoms with Crippen LogP contribution in [0.15, 0.2) is 67.1 Å². The van der Waals surface area contributed by atoms with Gasteiger partial charge in [-0.15, -0.1) is 0 Å². The number of hydrogen-bond donors (Lipinski definition) is 3. The van der Waals surface area contributed by atoms with Gasteiger partial charge in [-0.2, -0.15) is 0 Å². The van der Waals surface area contributed by atoms with E-state index in [-0.39, 0.29) is 11.8 Å². The number of imidazole rings is 1. The van der Waals surface area contributed by atoms with Crippen molar-refractivity contribution in [3.05, 3.63) is 84.1 Å². The first-order chi connectivity index (χ1) is 17.4. The van der Waals surface area contributed by atoms with Gasteiger partial charge in [0.2, 0.25) is 5.91 Å². The highest BCUT2D eigenvalue weighted by atomic mass is 16.5. The first kappa shape index (κ1) is 24.6. The molecule has 4 aromatic rings. The maximum Gasteiger partial charge on any atom is 0.256 e. The van der Waals surface area contributed by atoms with Crippen molar-refractivity contribution in [3.8, 4) is 11.3 Å². The normalized spacial score (nSPS) is 12.1. The smallest absolute Gasteiger partial charge is 0.256 e. The van der Waals surface area contributed by atoms with Gasteiger partial charge in [0.1, 0.15) is 28.7 Å². The van der Waals surface area contributed by atoms with E-state index in [4.69, 9.17) is 15.5 Å². The van der Waals surface area contributed by atoms with Crippen molar-refractivity contribution in [3.63, 3.8) is 0 Å². The molecule has 1 aromatic carbocycles. The molecule has 3 aromatic heterocycles. The van der Waals surface area contributed by atoms with E-state index in [0.29, 0.717) is 40.8 Å². The molecule has 0 fully saturated rings. The predicted octanol–water partition coefficient (Wildman–Crippen LogP) is 3.31. The zero-order valence-electron chi connectivity index (χ0n) is 20.2. The van der Waals surface area contributed by atoms with Gasteiger partial charge in [0.25, 0.3) is 5.91 Å². The SMILES string of the molecule is COC/C=C/C(=O)NC(C)c1nc(-c2ccc(C(=O)Nc3ccc(C)cn3)cc2)c2c(N)nccn12. The summed E-state index contributed by atoms with van der Waals surface area (Å²) in [5, 5.41) is 5.68. The summed E-state index contributed by atoms with van der Waals surface area (Å²) in [6.07, 6.45) is 8.07. The number of hydrogen-bond acceptors (Lipinski definition) is 7. The monoisotopic (exact) mass is 485 g/mol. The standard InChI is InChI=1S/C26H27N7O3/c1-16-6-11-20(29-15-16)31-26(35)19-9-7-18(8-10-19)22-23-24(27)28-12-13-33(23)25(32-22)17(2)30-21(34)5-4-14-36-3/h4-13,15,17H,14H2,1-3H3,(H2,27,28)(H,30,34)(H,29,31,35)/b5-4+. The second-order valence-corrected chi connectivity index (χ2v) is 8.19. The van der Waals surface area contributed by atoms with E-state index in [1.54, 1.807) is 62.1 Å². The van der Waals surface area contributed by atoms with Crippen molar-refractivity contribution in [1.82, 2.24) is 24.7 Å². The summed E-state index contributed by atoms with van der Waals surface area (Å²) in [6.45, 7) is 4.11. The lowest BCUT2D eigenvalue weighted by Crippen LogP contribution is -2.26. The molecule has 10 heteroatoms. The van der Waals surface area contributed by atoms with Gasteiger partial charge in [-0.25, -0.2) is 15.0 Å². The fourth-order valence-corrected chi connectivity index (χ4v) is 3.68. The number of nitrogen functional groups attached to an aromatic ring is 1. The predicted molar refractivity (Wildman–Crippen MR) is 137 cm³/mol. The van der Waals surface area contributed by atoms with Gasteiger partial charge in [0.05, 0.1) is 12.6 Å². The quantitative estimate of drug-likeness (QED) is 0.326. The molecule has 4 N–H and O–H groups in total. The Labute approximate surface area is 208 Å². The number of nitrogens with zero attached hydrogens (tertiary/aromatic N) is 4. The van der Waals surface area contributed by atoms with E-state index in [1.807, 2.05) is 24.3 Å². The summed E-state index contributed by atoms with van der Waals surface area (Å²) >= 11 is 0. The van der Waals surface area contributed by atoms with Gasteiger partial charge in [0, 0.05) is 42.9 Å². The average molecular weight is 486 g/mol. The van der Waals surface area contributed by atoms with E-state index >= 15 is 0 Å². The molecule has 184 valence electrons. The van der Waals surface area contributed by atoms with Crippen LogP contribution in [0.3, 0.4) is 0 Å². The summed E-state index contributed by atoms with van der Waals surface area (Å²) < 4.78 is 6.74. The van der Waals surface area contributed by atoms with Gasteiger partial charge in [-0.1, -0.05) is 24.3 Å². The second kappa shape index (κ2) is 10.8. The number of anilines is 2. The fraction of sp³-hybridized carbons (Fsp3) is 0.192. The van der Waals surface area contributed by atoms with Crippen LogP contribution in [0, 0.1) is 6.92 Å². The third-order valence-corrected chi connectivity index (χ3v) is 5.46. The van der Waals surface area contributed by atoms with Crippen molar-refractivity contribution in [2.75, 3.05) is 24.8 Å². The van der Waals surface area contributed by atoms with Gasteiger partial charge in [0.15, 0.2) is 0 Å². The molecule has 0 aliphatic heterocycles. The van der Waals surface area contributed by atoms with Crippen LogP contribution in [0.25, 0.3) is 16.8 Å². The number of aromatic nitrogens is 4. The summed E-state index contributed by atoms with van der Waals surface area (Å²) in [7, 11) is 1.56. The van der Waals surface area contributed by atoms with Crippen molar-refractivity contribution >= 4 is 29.0 Å². The summed E-state index contributed by atoms with van der Waals surface area (Å²) in [5.41, 5.74) is 9.65. The highest BCUT2D eigenvalue weighted by molar-refractivity contribution is 6.04. The molecule has 0 aliphatic carbocycles. The number of nitrogens with one attached hydrogen (secondary N) is 2. The first-order valence-electron chi connectivity index (χ1n) is 11.3. The minimum atomic E-state index is -0.417. The number of ether oxygens (including phenoxy) is 1. The Morgan fingerprint density at radius 3 is 2.64 bits per heavy atom. The number of rotatable bonds is 8. The number of benzene rings is 1. The Hall–Kier alpha value is -4.57. The summed E-state index contributed by atoms with van der Waals surface area (Å²) in [5.74, 6) is 0.837. The van der Waals surface area contributed by atoms with E-state index in [2.05, 4.69) is 20.6 Å². The van der Waals surface area contributed by atoms with E-state index in [1.165, 1.54) is 6.08 Å². The van der Waals surface area contributed by atoms with Gasteiger partial charge in [-0.3, -0.25) is 14.0 Å². The number of fused-ring (bicyclic) bond motifs is 1. The molecule has 0 bridgehead atoms. The first-order valence-corrected chi connectivity index (χ1v) is 11.3. The molecule has 0 saturated heterocycles. The Bertz CT molecular complexity index is 1410. The van der Waals surface area contributed by atoms with Crippen LogP contribution in [0.2, 0.25) is 0 Å². The zero-order valence-corrected chi connectivity index (χ0v) is 20.2. The number of amides is 2. The Morgan fingerprint density at radius 2 is 1.94 bits per heavy atom. The largest absolute Gasteiger partial charge is 0.382 e. The van der Waals surface area contributed by atoms with Crippen LogP contribution in [-0.2, 0) is 9.53 Å². The molecule has 3 heterocycles. The Morgan fingerprint density at radius 1 is 1.17 bits per heavy atom. The molecule has 0 spiro atoms. The van der Waals surface area contributed by atoms with E-state index < -0.39 is 6.04 Å². The maximum atomic E-state index is 12.6. The van der Waals surface area contributed by atoms with Crippen molar-refractivity contribution in [1.29, 1.82) is 0 Å². The highest BCUT2D eigenvalue weighted by Crippen LogP contribution is 2.30. The molecular weight excluding hydrogens is 458 g/mol. The van der Waals surface area contributed by atoms with E-state index in [0.717, 1.165) is 11.1 Å². The number of aryl methyl sites for hydroxylation is 1. The molecular formula is C26H27N7O3. The number of nitrogens with two attached hydrogens (primary N) is 1. The molecule has 10 nitrogen and oxygen atoms in total. The third-order valence-electron chi connectivity index (χ3n) is 5.46. The molecule has 2 amide bonds. The topological polar surface area (TPSA) is 137 Å². The number of methoxy groups -OCH3 is 1. The van der Waals surface area contributed by atoms with Crippen molar-refractivity contribution in [2.24, 2.45) is 0 Å². The molecule has 0 aliphatic rings. The van der Waals surface area contributed by atoms with Crippen LogP contribution in [-0.4, -0.2) is 44.9 Å². The summed E-state index contributed by atoms with van der Waals surface area (Å²) in [4.78, 5) is 38.1. The fourth-order valence-electron chi connectivity index (χ4n) is 3.68. The molecule has 0 radical (unpaired) electrons. The second-order valence-electron chi connectivity index (χ2n) is 8.19. The average Bonchev–Trinajstić information content (AvgIpc) is 3.27. The minimum Gasteiger partial charge on any atom is -0.382 e. The molecule has 36 heavy (non-hydrogen) atoms. The minimum absolute atomic E-state index is 0.265. The van der Waals surface area contributed by atoms with Crippen LogP contribution >= 0.6 is 0 Å². The summed E-state index contributed by atoms with van der Waals surface area (Å²) in [6, 6.07) is 10.2.